The van der Waals surface area contributed by atoms with Crippen molar-refractivity contribution in [1.82, 2.24) is 19.8 Å². The lowest BCUT2D eigenvalue weighted by atomic mass is 9.73. The molecule has 6 heteroatoms. The number of nitrogens with zero attached hydrogens (tertiary/aromatic N) is 3. The van der Waals surface area contributed by atoms with Crippen molar-refractivity contribution < 1.29 is 9.53 Å². The average Bonchev–Trinajstić information content (AvgIpc) is 3.23. The van der Waals surface area contributed by atoms with Gasteiger partial charge in [-0.15, -0.1) is 0 Å². The molecule has 0 radical (unpaired) electrons. The predicted molar refractivity (Wildman–Crippen MR) is 108 cm³/mol. The van der Waals surface area contributed by atoms with Crippen LogP contribution in [0.1, 0.15) is 36.9 Å². The summed E-state index contributed by atoms with van der Waals surface area (Å²) >= 11 is 0. The molecule has 0 unspecified atom stereocenters. The van der Waals surface area contributed by atoms with Crippen molar-refractivity contribution in [2.75, 3.05) is 33.3 Å². The third-order valence-corrected chi connectivity index (χ3v) is 6.23. The average molecular weight is 383 g/mol. The summed E-state index contributed by atoms with van der Waals surface area (Å²) in [5, 5.41) is 0. The largest absolute Gasteiger partial charge is 0.497 e. The van der Waals surface area contributed by atoms with Gasteiger partial charge in [-0.05, 0) is 43.5 Å². The Morgan fingerprint density at radius 2 is 2.21 bits per heavy atom. The number of benzene rings is 1. The Kier molecular flexibility index (Phi) is 5.67. The van der Waals surface area contributed by atoms with Crippen molar-refractivity contribution in [3.8, 4) is 5.75 Å². The van der Waals surface area contributed by atoms with Gasteiger partial charge in [0, 0.05) is 56.3 Å². The molecule has 3 heterocycles. The van der Waals surface area contributed by atoms with Crippen LogP contribution in [0.2, 0.25) is 0 Å². The Morgan fingerprint density at radius 3 is 3.04 bits per heavy atom. The fraction of sp³-hybridized carbons (Fsp3) is 0.545. The van der Waals surface area contributed by atoms with Crippen LogP contribution in [0.15, 0.2) is 36.8 Å². The zero-order chi connectivity index (χ0) is 19.4. The van der Waals surface area contributed by atoms with Gasteiger partial charge in [0.15, 0.2) is 0 Å². The Hall–Kier alpha value is -2.34. The van der Waals surface area contributed by atoms with E-state index in [1.54, 1.807) is 13.4 Å². The number of piperidine rings is 2. The first-order valence-electron chi connectivity index (χ1n) is 10.3. The summed E-state index contributed by atoms with van der Waals surface area (Å²) in [4.78, 5) is 24.3. The van der Waals surface area contributed by atoms with Crippen LogP contribution in [0.25, 0.3) is 0 Å². The highest BCUT2D eigenvalue weighted by Gasteiger charge is 2.41. The fourth-order valence-electron chi connectivity index (χ4n) is 4.79. The third-order valence-electron chi connectivity index (χ3n) is 6.23. The van der Waals surface area contributed by atoms with Gasteiger partial charge in [-0.3, -0.25) is 9.69 Å². The highest BCUT2D eigenvalue weighted by Crippen LogP contribution is 2.39. The number of hydrogen-bond acceptors (Lipinski definition) is 4. The van der Waals surface area contributed by atoms with E-state index in [0.717, 1.165) is 57.0 Å². The summed E-state index contributed by atoms with van der Waals surface area (Å²) in [7, 11) is 1.71. The van der Waals surface area contributed by atoms with Gasteiger partial charge < -0.3 is 14.6 Å². The molecule has 0 saturated carbocycles. The quantitative estimate of drug-likeness (QED) is 0.835. The number of aromatic amines is 1. The summed E-state index contributed by atoms with van der Waals surface area (Å²) in [6.07, 6.45) is 8.50. The first-order chi connectivity index (χ1) is 13.7. The molecule has 4 rings (SSSR count). The normalized spacial score (nSPS) is 23.3. The van der Waals surface area contributed by atoms with E-state index in [-0.39, 0.29) is 5.41 Å². The second-order valence-electron chi connectivity index (χ2n) is 8.31. The molecule has 6 nitrogen and oxygen atoms in total. The van der Waals surface area contributed by atoms with E-state index in [0.29, 0.717) is 12.3 Å². The van der Waals surface area contributed by atoms with Crippen molar-refractivity contribution in [2.45, 2.75) is 38.6 Å². The lowest BCUT2D eigenvalue weighted by Crippen LogP contribution is -2.54. The lowest BCUT2D eigenvalue weighted by Gasteiger charge is -2.48. The number of aromatic nitrogens is 2. The molecule has 150 valence electrons. The third kappa shape index (κ3) is 4.38. The minimum atomic E-state index is 0.235. The second-order valence-corrected chi connectivity index (χ2v) is 8.31. The number of rotatable bonds is 6. The summed E-state index contributed by atoms with van der Waals surface area (Å²) < 4.78 is 5.37. The maximum Gasteiger partial charge on any atom is 0.222 e. The van der Waals surface area contributed by atoms with Crippen LogP contribution in [0.3, 0.4) is 0 Å². The molecule has 2 aliphatic rings. The van der Waals surface area contributed by atoms with E-state index in [4.69, 9.17) is 4.74 Å². The van der Waals surface area contributed by atoms with Crippen LogP contribution in [-0.2, 0) is 17.8 Å². The molecular weight excluding hydrogens is 352 g/mol. The van der Waals surface area contributed by atoms with Crippen LogP contribution >= 0.6 is 0 Å². The number of carbonyl (C=O) groups excluding carboxylic acids is 1. The van der Waals surface area contributed by atoms with Crippen LogP contribution in [-0.4, -0.2) is 59.0 Å². The maximum atomic E-state index is 12.5. The molecule has 1 atom stereocenters. The molecule has 2 fully saturated rings. The van der Waals surface area contributed by atoms with Crippen molar-refractivity contribution in [3.63, 3.8) is 0 Å². The van der Waals surface area contributed by atoms with Crippen molar-refractivity contribution in [2.24, 2.45) is 5.41 Å². The Bertz CT molecular complexity index is 792. The van der Waals surface area contributed by atoms with Crippen LogP contribution in [0.4, 0.5) is 0 Å². The Morgan fingerprint density at radius 1 is 1.29 bits per heavy atom. The molecule has 1 aromatic heterocycles. The van der Waals surface area contributed by atoms with Crippen LogP contribution in [0, 0.1) is 5.41 Å². The van der Waals surface area contributed by atoms with Gasteiger partial charge in [-0.1, -0.05) is 12.1 Å². The Labute approximate surface area is 166 Å². The van der Waals surface area contributed by atoms with Gasteiger partial charge >= 0.3 is 0 Å². The molecule has 1 spiro atoms. The number of likely N-dealkylation sites (tertiary alicyclic amines) is 2. The minimum absolute atomic E-state index is 0.235. The molecular formula is C22H30N4O2. The maximum absolute atomic E-state index is 12.5. The Balaban J connectivity index is 1.39. The number of H-pyrrole nitrogens is 1. The van der Waals surface area contributed by atoms with Crippen molar-refractivity contribution in [3.05, 3.63) is 48.0 Å². The summed E-state index contributed by atoms with van der Waals surface area (Å²) in [5.41, 5.74) is 2.62. The number of carbonyl (C=O) groups is 1. The van der Waals surface area contributed by atoms with Crippen molar-refractivity contribution >= 4 is 5.91 Å². The minimum Gasteiger partial charge on any atom is -0.497 e. The van der Waals surface area contributed by atoms with E-state index in [9.17, 15) is 4.79 Å². The number of hydrogen-bond donors (Lipinski definition) is 1. The van der Waals surface area contributed by atoms with Gasteiger partial charge in [0.25, 0.3) is 0 Å². The number of ether oxygens (including phenoxy) is 1. The molecule has 28 heavy (non-hydrogen) atoms. The molecule has 1 N–H and O–H groups in total. The summed E-state index contributed by atoms with van der Waals surface area (Å²) in [6, 6.07) is 8.35. The number of amides is 1. The second kappa shape index (κ2) is 8.35. The summed E-state index contributed by atoms with van der Waals surface area (Å²) in [5.74, 6) is 1.22. The first kappa shape index (κ1) is 19.0. The summed E-state index contributed by atoms with van der Waals surface area (Å²) in [6.45, 7) is 4.80. The lowest BCUT2D eigenvalue weighted by molar-refractivity contribution is -0.139. The smallest absolute Gasteiger partial charge is 0.222 e. The number of nitrogens with one attached hydrogen (secondary N) is 1. The number of imidazole rings is 1. The molecule has 0 aliphatic carbocycles. The van der Waals surface area contributed by atoms with E-state index >= 15 is 0 Å². The molecule has 2 aliphatic heterocycles. The highest BCUT2D eigenvalue weighted by molar-refractivity contribution is 5.77. The standard InChI is InChI=1S/C22H30N4O2/c1-28-20-5-2-4-18(12-20)14-25-10-3-8-22(15-25)9-6-21(27)26(16-22)11-7-19-13-23-17-24-19/h2,4-5,12-13,17H,3,6-11,14-16H2,1H3,(H,23,24)/t22-/m1/s1. The fourth-order valence-corrected chi connectivity index (χ4v) is 4.79. The molecule has 1 amide bonds. The highest BCUT2D eigenvalue weighted by atomic mass is 16.5. The van der Waals surface area contributed by atoms with Gasteiger partial charge in [0.05, 0.1) is 13.4 Å². The molecule has 2 aromatic rings. The first-order valence-corrected chi connectivity index (χ1v) is 10.3. The van der Waals surface area contributed by atoms with Gasteiger partial charge in [0.1, 0.15) is 5.75 Å². The zero-order valence-electron chi connectivity index (χ0n) is 16.7. The van der Waals surface area contributed by atoms with Crippen molar-refractivity contribution in [1.29, 1.82) is 0 Å². The van der Waals surface area contributed by atoms with E-state index in [1.165, 1.54) is 18.4 Å². The van der Waals surface area contributed by atoms with Gasteiger partial charge in [0.2, 0.25) is 5.91 Å². The number of methoxy groups -OCH3 is 1. The molecule has 2 saturated heterocycles. The van der Waals surface area contributed by atoms with Gasteiger partial charge in [-0.25, -0.2) is 4.98 Å². The monoisotopic (exact) mass is 382 g/mol. The van der Waals surface area contributed by atoms with E-state index in [1.807, 2.05) is 12.3 Å². The van der Waals surface area contributed by atoms with E-state index < -0.39 is 0 Å². The molecule has 0 bridgehead atoms. The SMILES string of the molecule is COc1cccc(CN2CCC[C@@]3(CCC(=O)N(CCc4cnc[nH]4)C3)C2)c1. The van der Waals surface area contributed by atoms with Crippen LogP contribution < -0.4 is 4.74 Å². The molecule has 1 aromatic carbocycles. The zero-order valence-corrected chi connectivity index (χ0v) is 16.7. The topological polar surface area (TPSA) is 61.5 Å². The van der Waals surface area contributed by atoms with E-state index in [2.05, 4.69) is 38.0 Å². The van der Waals surface area contributed by atoms with Gasteiger partial charge in [-0.2, -0.15) is 0 Å². The predicted octanol–water partition coefficient (Wildman–Crippen LogP) is 2.87. The van der Waals surface area contributed by atoms with Crippen LogP contribution in [0.5, 0.6) is 5.75 Å².